The molecule has 0 aromatic heterocycles. The van der Waals surface area contributed by atoms with Crippen molar-refractivity contribution in [2.24, 2.45) is 5.73 Å². The summed E-state index contributed by atoms with van der Waals surface area (Å²) >= 11 is 3.16. The van der Waals surface area contributed by atoms with Crippen LogP contribution in [0.4, 0.5) is 18.9 Å². The van der Waals surface area contributed by atoms with Crippen LogP contribution >= 0.6 is 15.9 Å². The highest BCUT2D eigenvalue weighted by Gasteiger charge is 2.33. The van der Waals surface area contributed by atoms with Crippen LogP contribution in [0.5, 0.6) is 0 Å². The Labute approximate surface area is 107 Å². The lowest BCUT2D eigenvalue weighted by atomic mass is 10.1. The second kappa shape index (κ2) is 5.73. The minimum absolute atomic E-state index is 0.0594. The molecule has 0 aliphatic heterocycles. The number of rotatable bonds is 4. The molecule has 0 aliphatic rings. The van der Waals surface area contributed by atoms with Crippen molar-refractivity contribution in [3.8, 4) is 0 Å². The number of anilines is 1. The lowest BCUT2D eigenvalue weighted by Crippen LogP contribution is -2.29. The van der Waals surface area contributed by atoms with Crippen LogP contribution in [0.1, 0.15) is 18.9 Å². The second-order valence-corrected chi connectivity index (χ2v) is 4.59. The molecule has 1 unspecified atom stereocenters. The van der Waals surface area contributed by atoms with Gasteiger partial charge in [-0.05, 0) is 24.6 Å². The normalized spacial score (nSPS) is 13.5. The largest absolute Gasteiger partial charge is 0.418 e. The summed E-state index contributed by atoms with van der Waals surface area (Å²) in [5, 5.41) is 2.82. The van der Waals surface area contributed by atoms with E-state index < -0.39 is 11.7 Å². The van der Waals surface area contributed by atoms with E-state index in [0.717, 1.165) is 6.07 Å². The van der Waals surface area contributed by atoms with E-state index in [-0.39, 0.29) is 11.7 Å². The monoisotopic (exact) mass is 310 g/mol. The highest BCUT2D eigenvalue weighted by Crippen LogP contribution is 2.36. The fourth-order valence-corrected chi connectivity index (χ4v) is 1.79. The van der Waals surface area contributed by atoms with E-state index in [1.54, 1.807) is 0 Å². The van der Waals surface area contributed by atoms with Gasteiger partial charge in [0.2, 0.25) is 0 Å². The van der Waals surface area contributed by atoms with Crippen LogP contribution in [-0.2, 0) is 6.18 Å². The molecule has 0 saturated heterocycles. The van der Waals surface area contributed by atoms with Crippen LogP contribution in [0.15, 0.2) is 22.7 Å². The molecule has 0 spiro atoms. The summed E-state index contributed by atoms with van der Waals surface area (Å²) in [6, 6.07) is 3.68. The topological polar surface area (TPSA) is 38.0 Å². The van der Waals surface area contributed by atoms with Gasteiger partial charge < -0.3 is 11.1 Å². The highest BCUT2D eigenvalue weighted by molar-refractivity contribution is 9.10. The fourth-order valence-electron chi connectivity index (χ4n) is 1.43. The van der Waals surface area contributed by atoms with E-state index in [1.807, 2.05) is 6.92 Å². The zero-order chi connectivity index (χ0) is 13.1. The van der Waals surface area contributed by atoms with Crippen molar-refractivity contribution in [1.82, 2.24) is 0 Å². The van der Waals surface area contributed by atoms with E-state index in [4.69, 9.17) is 5.73 Å². The maximum atomic E-state index is 12.8. The standard InChI is InChI=1S/C11H14BrF3N2/c1-2-8(6-16)17-10-5-7(12)3-4-9(10)11(13,14)15/h3-5,8,17H,2,6,16H2,1H3. The summed E-state index contributed by atoms with van der Waals surface area (Å²) in [5.74, 6) is 0. The quantitative estimate of drug-likeness (QED) is 0.891. The number of alkyl halides is 3. The number of benzene rings is 1. The summed E-state index contributed by atoms with van der Waals surface area (Å²) < 4.78 is 38.9. The maximum absolute atomic E-state index is 12.8. The Morgan fingerprint density at radius 2 is 2.06 bits per heavy atom. The van der Waals surface area contributed by atoms with E-state index in [1.165, 1.54) is 12.1 Å². The van der Waals surface area contributed by atoms with Crippen LogP contribution in [0, 0.1) is 0 Å². The minimum atomic E-state index is -4.37. The van der Waals surface area contributed by atoms with Crippen molar-refractivity contribution in [1.29, 1.82) is 0 Å². The summed E-state index contributed by atoms with van der Waals surface area (Å²) in [6.07, 6.45) is -3.70. The molecular formula is C11H14BrF3N2. The van der Waals surface area contributed by atoms with Gasteiger partial charge in [-0.3, -0.25) is 0 Å². The van der Waals surface area contributed by atoms with Gasteiger partial charge in [-0.2, -0.15) is 13.2 Å². The first kappa shape index (κ1) is 14.3. The molecule has 0 saturated carbocycles. The van der Waals surface area contributed by atoms with Gasteiger partial charge in [0, 0.05) is 22.7 Å². The molecule has 0 amide bonds. The first-order valence-corrected chi connectivity index (χ1v) is 6.01. The van der Waals surface area contributed by atoms with Gasteiger partial charge in [-0.15, -0.1) is 0 Å². The first-order valence-electron chi connectivity index (χ1n) is 5.21. The highest BCUT2D eigenvalue weighted by atomic mass is 79.9. The summed E-state index contributed by atoms with van der Waals surface area (Å²) in [4.78, 5) is 0. The predicted molar refractivity (Wildman–Crippen MR) is 65.9 cm³/mol. The molecule has 3 N–H and O–H groups in total. The Kier molecular flexibility index (Phi) is 4.82. The molecule has 1 aromatic carbocycles. The van der Waals surface area contributed by atoms with E-state index in [9.17, 15) is 13.2 Å². The lowest BCUT2D eigenvalue weighted by Gasteiger charge is -2.20. The van der Waals surface area contributed by atoms with Crippen LogP contribution in [0.3, 0.4) is 0 Å². The van der Waals surface area contributed by atoms with Crippen LogP contribution in [0.2, 0.25) is 0 Å². The second-order valence-electron chi connectivity index (χ2n) is 3.67. The summed E-state index contributed by atoms with van der Waals surface area (Å²) in [6.45, 7) is 2.16. The van der Waals surface area contributed by atoms with Crippen molar-refractivity contribution < 1.29 is 13.2 Å². The van der Waals surface area contributed by atoms with Crippen LogP contribution in [-0.4, -0.2) is 12.6 Å². The summed E-state index contributed by atoms with van der Waals surface area (Å²) in [7, 11) is 0. The van der Waals surface area contributed by atoms with Crippen LogP contribution < -0.4 is 11.1 Å². The van der Waals surface area contributed by atoms with Crippen molar-refractivity contribution in [3.63, 3.8) is 0 Å². The van der Waals surface area contributed by atoms with Gasteiger partial charge in [0.15, 0.2) is 0 Å². The van der Waals surface area contributed by atoms with Gasteiger partial charge >= 0.3 is 6.18 Å². The first-order chi connectivity index (χ1) is 7.88. The molecule has 96 valence electrons. The van der Waals surface area contributed by atoms with Crippen molar-refractivity contribution in [3.05, 3.63) is 28.2 Å². The maximum Gasteiger partial charge on any atom is 0.418 e. The van der Waals surface area contributed by atoms with Crippen molar-refractivity contribution in [2.75, 3.05) is 11.9 Å². The van der Waals surface area contributed by atoms with Gasteiger partial charge in [0.25, 0.3) is 0 Å². The van der Waals surface area contributed by atoms with Crippen molar-refractivity contribution >= 4 is 21.6 Å². The molecule has 1 atom stereocenters. The molecule has 0 aliphatic carbocycles. The Hall–Kier alpha value is -0.750. The van der Waals surface area contributed by atoms with Crippen molar-refractivity contribution in [2.45, 2.75) is 25.6 Å². The SMILES string of the molecule is CCC(CN)Nc1cc(Br)ccc1C(F)(F)F. The van der Waals surface area contributed by atoms with Gasteiger partial charge in [-0.25, -0.2) is 0 Å². The van der Waals surface area contributed by atoms with Crippen LogP contribution in [0.25, 0.3) is 0 Å². The molecule has 0 bridgehead atoms. The number of nitrogens with two attached hydrogens (primary N) is 1. The smallest absolute Gasteiger partial charge is 0.381 e. The Morgan fingerprint density at radius 3 is 2.53 bits per heavy atom. The molecule has 0 fully saturated rings. The fraction of sp³-hybridized carbons (Fsp3) is 0.455. The molecular weight excluding hydrogens is 297 g/mol. The number of nitrogens with one attached hydrogen (secondary N) is 1. The van der Waals surface area contributed by atoms with Gasteiger partial charge in [-0.1, -0.05) is 22.9 Å². The van der Waals surface area contributed by atoms with E-state index in [0.29, 0.717) is 17.4 Å². The third-order valence-corrected chi connectivity index (χ3v) is 2.92. The third-order valence-electron chi connectivity index (χ3n) is 2.42. The number of hydrogen-bond donors (Lipinski definition) is 2. The van der Waals surface area contributed by atoms with Gasteiger partial charge in [0.1, 0.15) is 0 Å². The molecule has 17 heavy (non-hydrogen) atoms. The average molecular weight is 311 g/mol. The molecule has 1 aromatic rings. The van der Waals surface area contributed by atoms with Gasteiger partial charge in [0.05, 0.1) is 5.56 Å². The zero-order valence-electron chi connectivity index (χ0n) is 9.31. The van der Waals surface area contributed by atoms with E-state index >= 15 is 0 Å². The third kappa shape index (κ3) is 3.89. The number of halogens is 4. The Morgan fingerprint density at radius 1 is 1.41 bits per heavy atom. The molecule has 0 heterocycles. The predicted octanol–water partition coefficient (Wildman–Crippen LogP) is 3.62. The molecule has 6 heteroatoms. The molecule has 2 nitrogen and oxygen atoms in total. The Balaban J connectivity index is 3.07. The molecule has 1 rings (SSSR count). The average Bonchev–Trinajstić information content (AvgIpc) is 2.24. The zero-order valence-corrected chi connectivity index (χ0v) is 10.9. The van der Waals surface area contributed by atoms with E-state index in [2.05, 4.69) is 21.2 Å². The summed E-state index contributed by atoms with van der Waals surface area (Å²) in [5.41, 5.74) is 4.86. The lowest BCUT2D eigenvalue weighted by molar-refractivity contribution is -0.137. The molecule has 0 radical (unpaired) electrons. The Bertz CT molecular complexity index is 375. The minimum Gasteiger partial charge on any atom is -0.381 e. The number of hydrogen-bond acceptors (Lipinski definition) is 2.